The normalized spacial score (nSPS) is 11.2. The molecule has 2 nitrogen and oxygen atoms in total. The zero-order valence-electron chi connectivity index (χ0n) is 9.94. The molecule has 2 rings (SSSR count). The van der Waals surface area contributed by atoms with E-state index in [1.165, 1.54) is 11.1 Å². The highest BCUT2D eigenvalue weighted by Crippen LogP contribution is 2.19. The Morgan fingerprint density at radius 1 is 1.19 bits per heavy atom. The third-order valence-corrected chi connectivity index (χ3v) is 2.67. The van der Waals surface area contributed by atoms with Crippen LogP contribution in [0.4, 0.5) is 5.69 Å². The smallest absolute Gasteiger partial charge is 0.0659 e. The topological polar surface area (TPSA) is 17.3 Å². The lowest BCUT2D eigenvalue weighted by Gasteiger charge is -2.01. The largest absolute Gasteiger partial charge is 0.350 e. The lowest BCUT2D eigenvalue weighted by atomic mass is 10.1. The van der Waals surface area contributed by atoms with Crippen LogP contribution < -0.4 is 0 Å². The van der Waals surface area contributed by atoms with E-state index in [9.17, 15) is 0 Å². The number of aromatic nitrogens is 1. The Hall–Kier alpha value is -1.83. The van der Waals surface area contributed by atoms with Crippen LogP contribution in [0.1, 0.15) is 16.8 Å². The summed E-state index contributed by atoms with van der Waals surface area (Å²) in [5.74, 6) is 0. The second-order valence-electron chi connectivity index (χ2n) is 4.09. The minimum absolute atomic E-state index is 1.03. The SMILES string of the molecule is Cc1ccc(N=Cc2cccn2C)c(C)c1. The first kappa shape index (κ1) is 10.7. The van der Waals surface area contributed by atoms with Crippen LogP contribution in [0.2, 0.25) is 0 Å². The van der Waals surface area contributed by atoms with Crippen molar-refractivity contribution < 1.29 is 0 Å². The van der Waals surface area contributed by atoms with Gasteiger partial charge in [0, 0.05) is 13.2 Å². The van der Waals surface area contributed by atoms with Crippen molar-refractivity contribution in [2.75, 3.05) is 0 Å². The summed E-state index contributed by atoms with van der Waals surface area (Å²) in [4.78, 5) is 4.50. The first-order valence-corrected chi connectivity index (χ1v) is 5.39. The summed E-state index contributed by atoms with van der Waals surface area (Å²) in [6.45, 7) is 4.18. The van der Waals surface area contributed by atoms with E-state index in [-0.39, 0.29) is 0 Å². The summed E-state index contributed by atoms with van der Waals surface area (Å²) in [6, 6.07) is 10.4. The van der Waals surface area contributed by atoms with Crippen molar-refractivity contribution in [1.29, 1.82) is 0 Å². The van der Waals surface area contributed by atoms with Crippen molar-refractivity contribution in [2.24, 2.45) is 12.0 Å². The van der Waals surface area contributed by atoms with Crippen LogP contribution in [-0.2, 0) is 7.05 Å². The number of benzene rings is 1. The van der Waals surface area contributed by atoms with Crippen LogP contribution in [0.15, 0.2) is 41.5 Å². The van der Waals surface area contributed by atoms with Crippen molar-refractivity contribution in [3.05, 3.63) is 53.3 Å². The van der Waals surface area contributed by atoms with Gasteiger partial charge < -0.3 is 4.57 Å². The van der Waals surface area contributed by atoms with Crippen LogP contribution in [0, 0.1) is 13.8 Å². The molecule has 0 N–H and O–H groups in total. The molecule has 0 saturated heterocycles. The molecule has 0 amide bonds. The van der Waals surface area contributed by atoms with E-state index < -0.39 is 0 Å². The fraction of sp³-hybridized carbons (Fsp3) is 0.214. The highest BCUT2D eigenvalue weighted by molar-refractivity contribution is 5.80. The molecule has 0 aliphatic rings. The molecule has 16 heavy (non-hydrogen) atoms. The molecule has 0 spiro atoms. The molecule has 1 heterocycles. The van der Waals surface area contributed by atoms with Crippen molar-refractivity contribution in [2.45, 2.75) is 13.8 Å². The number of aliphatic imine (C=N–C) groups is 1. The average molecular weight is 212 g/mol. The number of nitrogens with zero attached hydrogens (tertiary/aromatic N) is 2. The van der Waals surface area contributed by atoms with Crippen LogP contribution in [0.3, 0.4) is 0 Å². The van der Waals surface area contributed by atoms with Gasteiger partial charge in [-0.05, 0) is 37.6 Å². The zero-order valence-corrected chi connectivity index (χ0v) is 9.94. The third-order valence-electron chi connectivity index (χ3n) is 2.67. The Morgan fingerprint density at radius 3 is 2.62 bits per heavy atom. The summed E-state index contributed by atoms with van der Waals surface area (Å²) in [7, 11) is 2.02. The maximum Gasteiger partial charge on any atom is 0.0659 e. The minimum Gasteiger partial charge on any atom is -0.350 e. The number of rotatable bonds is 2. The highest BCUT2D eigenvalue weighted by atomic mass is 14.9. The Kier molecular flexibility index (Phi) is 2.91. The number of hydrogen-bond acceptors (Lipinski definition) is 1. The van der Waals surface area contributed by atoms with Gasteiger partial charge in [-0.1, -0.05) is 17.7 Å². The van der Waals surface area contributed by atoms with Gasteiger partial charge in [0.15, 0.2) is 0 Å². The number of aryl methyl sites for hydroxylation is 3. The predicted molar refractivity (Wildman–Crippen MR) is 68.6 cm³/mol. The average Bonchev–Trinajstić information content (AvgIpc) is 2.63. The van der Waals surface area contributed by atoms with E-state index in [0.29, 0.717) is 0 Å². The Bertz CT molecular complexity index is 521. The summed E-state index contributed by atoms with van der Waals surface area (Å²) >= 11 is 0. The van der Waals surface area contributed by atoms with Gasteiger partial charge in [0.25, 0.3) is 0 Å². The molecule has 0 radical (unpaired) electrons. The van der Waals surface area contributed by atoms with Crippen LogP contribution in [0.5, 0.6) is 0 Å². The molecule has 82 valence electrons. The fourth-order valence-corrected chi connectivity index (χ4v) is 1.69. The van der Waals surface area contributed by atoms with E-state index >= 15 is 0 Å². The highest BCUT2D eigenvalue weighted by Gasteiger charge is 1.96. The van der Waals surface area contributed by atoms with Gasteiger partial charge in [-0.25, -0.2) is 0 Å². The van der Waals surface area contributed by atoms with E-state index in [2.05, 4.69) is 37.0 Å². The van der Waals surface area contributed by atoms with Gasteiger partial charge in [0.1, 0.15) is 0 Å². The molecular formula is C14H16N2. The molecule has 0 atom stereocenters. The maximum absolute atomic E-state index is 4.50. The van der Waals surface area contributed by atoms with E-state index in [1.807, 2.05) is 36.2 Å². The summed E-state index contributed by atoms with van der Waals surface area (Å²) < 4.78 is 2.05. The summed E-state index contributed by atoms with van der Waals surface area (Å²) in [5, 5.41) is 0. The fourth-order valence-electron chi connectivity index (χ4n) is 1.69. The lowest BCUT2D eigenvalue weighted by Crippen LogP contribution is -1.92. The molecule has 0 unspecified atom stereocenters. The molecule has 1 aromatic carbocycles. The van der Waals surface area contributed by atoms with Gasteiger partial charge in [-0.3, -0.25) is 4.99 Å². The Labute approximate surface area is 96.3 Å². The van der Waals surface area contributed by atoms with Crippen LogP contribution in [0.25, 0.3) is 0 Å². The van der Waals surface area contributed by atoms with Gasteiger partial charge >= 0.3 is 0 Å². The first-order chi connectivity index (χ1) is 7.66. The molecule has 2 aromatic rings. The van der Waals surface area contributed by atoms with E-state index in [0.717, 1.165) is 11.4 Å². The molecule has 0 bridgehead atoms. The molecule has 0 saturated carbocycles. The molecule has 0 aliphatic carbocycles. The standard InChI is InChI=1S/C14H16N2/c1-11-6-7-14(12(2)9-11)15-10-13-5-4-8-16(13)3/h4-10H,1-3H3. The Balaban J connectivity index is 2.27. The van der Waals surface area contributed by atoms with Gasteiger partial charge in [-0.2, -0.15) is 0 Å². The minimum atomic E-state index is 1.03. The molecule has 2 heteroatoms. The molecule has 0 fully saturated rings. The number of hydrogen-bond donors (Lipinski definition) is 0. The Morgan fingerprint density at radius 2 is 2.00 bits per heavy atom. The van der Waals surface area contributed by atoms with Crippen molar-refractivity contribution >= 4 is 11.9 Å². The second-order valence-corrected chi connectivity index (χ2v) is 4.09. The summed E-state index contributed by atoms with van der Waals surface area (Å²) in [5.41, 5.74) is 4.63. The maximum atomic E-state index is 4.50. The molecular weight excluding hydrogens is 196 g/mol. The quantitative estimate of drug-likeness (QED) is 0.679. The van der Waals surface area contributed by atoms with E-state index in [4.69, 9.17) is 0 Å². The van der Waals surface area contributed by atoms with Crippen molar-refractivity contribution in [1.82, 2.24) is 4.57 Å². The van der Waals surface area contributed by atoms with Crippen molar-refractivity contribution in [3.63, 3.8) is 0 Å². The molecule has 0 aliphatic heterocycles. The molecule has 1 aromatic heterocycles. The van der Waals surface area contributed by atoms with Gasteiger partial charge in [0.2, 0.25) is 0 Å². The monoisotopic (exact) mass is 212 g/mol. The van der Waals surface area contributed by atoms with E-state index in [1.54, 1.807) is 0 Å². The first-order valence-electron chi connectivity index (χ1n) is 5.39. The lowest BCUT2D eigenvalue weighted by molar-refractivity contribution is 0.918. The predicted octanol–water partition coefficient (Wildman–Crippen LogP) is 3.39. The van der Waals surface area contributed by atoms with Crippen LogP contribution >= 0.6 is 0 Å². The third kappa shape index (κ3) is 2.22. The summed E-state index contributed by atoms with van der Waals surface area (Å²) in [6.07, 6.45) is 3.92. The zero-order chi connectivity index (χ0) is 11.5. The van der Waals surface area contributed by atoms with Gasteiger partial charge in [-0.15, -0.1) is 0 Å². The van der Waals surface area contributed by atoms with Gasteiger partial charge in [0.05, 0.1) is 17.6 Å². The second kappa shape index (κ2) is 4.35. The van der Waals surface area contributed by atoms with Crippen molar-refractivity contribution in [3.8, 4) is 0 Å². The van der Waals surface area contributed by atoms with Crippen LogP contribution in [-0.4, -0.2) is 10.8 Å².